The number of carbonyl (C=O) groups is 2. The van der Waals surface area contributed by atoms with Gasteiger partial charge in [0.1, 0.15) is 16.8 Å². The summed E-state index contributed by atoms with van der Waals surface area (Å²) in [6.45, 7) is 10.1. The molecule has 2 rings (SSSR count). The van der Waals surface area contributed by atoms with Crippen LogP contribution in [0.3, 0.4) is 0 Å². The number of rotatable bonds is 15. The number of benzene rings is 1. The van der Waals surface area contributed by atoms with Gasteiger partial charge >= 0.3 is 5.97 Å². The molecule has 4 atom stereocenters. The molecule has 4 unspecified atom stereocenters. The molecule has 1 aromatic heterocycles. The van der Waals surface area contributed by atoms with E-state index in [9.17, 15) is 14.7 Å². The largest absolute Gasteiger partial charge is 0.481 e. The molecule has 0 radical (unpaired) electrons. The van der Waals surface area contributed by atoms with Crippen LogP contribution in [0.25, 0.3) is 0 Å². The first-order valence-electron chi connectivity index (χ1n) is 11.7. The Hall–Kier alpha value is -2.55. The lowest BCUT2D eigenvalue weighted by atomic mass is 9.96. The number of nitrogens with one attached hydrogen (secondary N) is 2. The summed E-state index contributed by atoms with van der Waals surface area (Å²) in [6.07, 6.45) is 3.05. The molecule has 0 fully saturated rings. The Morgan fingerprint density at radius 1 is 1.21 bits per heavy atom. The van der Waals surface area contributed by atoms with Crippen molar-refractivity contribution in [3.05, 3.63) is 64.6 Å². The zero-order valence-electron chi connectivity index (χ0n) is 20.5. The topological polar surface area (TPSA) is 101 Å². The van der Waals surface area contributed by atoms with E-state index in [0.29, 0.717) is 31.1 Å². The minimum Gasteiger partial charge on any atom is -0.481 e. The van der Waals surface area contributed by atoms with Crippen molar-refractivity contribution in [2.24, 2.45) is 11.8 Å². The fourth-order valence-electron chi connectivity index (χ4n) is 3.80. The number of carboxylic acid groups (broad SMARTS) is 1. The molecule has 34 heavy (non-hydrogen) atoms. The summed E-state index contributed by atoms with van der Waals surface area (Å²) < 4.78 is 5.98. The summed E-state index contributed by atoms with van der Waals surface area (Å²) >= 11 is 1.40. The maximum absolute atomic E-state index is 13.0. The van der Waals surface area contributed by atoms with Crippen molar-refractivity contribution in [2.75, 3.05) is 13.7 Å². The Balaban J connectivity index is 2.16. The van der Waals surface area contributed by atoms with Crippen LogP contribution in [0.15, 0.2) is 48.4 Å². The summed E-state index contributed by atoms with van der Waals surface area (Å²) in [5.41, 5.74) is 1.35. The van der Waals surface area contributed by atoms with Gasteiger partial charge < -0.3 is 20.5 Å². The third-order valence-electron chi connectivity index (χ3n) is 5.81. The SMILES string of the molecule is C=CCOC(CC(NC)C(C)C)c1nc(C(=O)NC(Cc2ccccc2)CC(C)C(=O)O)cs1. The third kappa shape index (κ3) is 8.66. The van der Waals surface area contributed by atoms with Gasteiger partial charge in [-0.25, -0.2) is 4.98 Å². The Labute approximate surface area is 206 Å². The number of aromatic nitrogens is 1. The molecule has 1 aromatic carbocycles. The van der Waals surface area contributed by atoms with E-state index in [2.05, 4.69) is 36.0 Å². The van der Waals surface area contributed by atoms with Crippen LogP contribution < -0.4 is 10.6 Å². The number of aliphatic carboxylic acids is 1. The predicted octanol–water partition coefficient (Wildman–Crippen LogP) is 4.47. The minimum atomic E-state index is -0.880. The lowest BCUT2D eigenvalue weighted by Crippen LogP contribution is -2.38. The van der Waals surface area contributed by atoms with Gasteiger partial charge in [0.15, 0.2) is 0 Å². The molecular formula is C26H37N3O4S. The van der Waals surface area contributed by atoms with Gasteiger partial charge in [-0.15, -0.1) is 17.9 Å². The number of amides is 1. The van der Waals surface area contributed by atoms with Crippen LogP contribution in [0.2, 0.25) is 0 Å². The molecule has 186 valence electrons. The second kappa shape index (κ2) is 14.0. The van der Waals surface area contributed by atoms with Gasteiger partial charge in [0, 0.05) is 17.5 Å². The highest BCUT2D eigenvalue weighted by Crippen LogP contribution is 2.28. The molecule has 0 spiro atoms. The highest BCUT2D eigenvalue weighted by molar-refractivity contribution is 7.09. The van der Waals surface area contributed by atoms with E-state index in [4.69, 9.17) is 4.74 Å². The van der Waals surface area contributed by atoms with Crippen molar-refractivity contribution in [1.82, 2.24) is 15.6 Å². The van der Waals surface area contributed by atoms with Gasteiger partial charge in [-0.3, -0.25) is 9.59 Å². The van der Waals surface area contributed by atoms with Crippen LogP contribution in [-0.2, 0) is 16.0 Å². The van der Waals surface area contributed by atoms with Gasteiger partial charge in [0.2, 0.25) is 0 Å². The molecule has 8 heteroatoms. The molecule has 7 nitrogen and oxygen atoms in total. The first-order valence-corrected chi connectivity index (χ1v) is 12.6. The Bertz CT molecular complexity index is 916. The van der Waals surface area contributed by atoms with E-state index in [0.717, 1.165) is 17.0 Å². The molecule has 0 bridgehead atoms. The monoisotopic (exact) mass is 487 g/mol. The summed E-state index contributed by atoms with van der Waals surface area (Å²) in [5, 5.41) is 18.2. The summed E-state index contributed by atoms with van der Waals surface area (Å²) in [6, 6.07) is 9.65. The highest BCUT2D eigenvalue weighted by Gasteiger charge is 2.25. The average molecular weight is 488 g/mol. The number of hydrogen-bond acceptors (Lipinski definition) is 6. The highest BCUT2D eigenvalue weighted by atomic mass is 32.1. The van der Waals surface area contributed by atoms with Crippen LogP contribution in [0, 0.1) is 11.8 Å². The molecule has 2 aromatic rings. The summed E-state index contributed by atoms with van der Waals surface area (Å²) in [5.74, 6) is -1.35. The molecule has 0 aliphatic heterocycles. The second-order valence-corrected chi connectivity index (χ2v) is 9.78. The first-order chi connectivity index (χ1) is 16.2. The Kier molecular flexibility index (Phi) is 11.4. The summed E-state index contributed by atoms with van der Waals surface area (Å²) in [7, 11) is 1.93. The van der Waals surface area contributed by atoms with Crippen molar-refractivity contribution in [1.29, 1.82) is 0 Å². The fraction of sp³-hybridized carbons (Fsp3) is 0.500. The van der Waals surface area contributed by atoms with E-state index in [1.165, 1.54) is 11.3 Å². The van der Waals surface area contributed by atoms with Gasteiger partial charge in [0.05, 0.1) is 12.5 Å². The van der Waals surface area contributed by atoms with Crippen LogP contribution in [0.5, 0.6) is 0 Å². The zero-order chi connectivity index (χ0) is 25.1. The predicted molar refractivity (Wildman–Crippen MR) is 136 cm³/mol. The summed E-state index contributed by atoms with van der Waals surface area (Å²) in [4.78, 5) is 29.1. The quantitative estimate of drug-likeness (QED) is 0.321. The molecule has 0 saturated heterocycles. The number of carbonyl (C=O) groups excluding carboxylic acids is 1. The third-order valence-corrected chi connectivity index (χ3v) is 6.75. The van der Waals surface area contributed by atoms with Crippen molar-refractivity contribution >= 4 is 23.2 Å². The molecule has 1 amide bonds. The molecule has 0 aliphatic rings. The molecule has 0 saturated carbocycles. The van der Waals surface area contributed by atoms with E-state index >= 15 is 0 Å². The van der Waals surface area contributed by atoms with E-state index in [-0.39, 0.29) is 24.1 Å². The average Bonchev–Trinajstić information content (AvgIpc) is 3.30. The maximum Gasteiger partial charge on any atom is 0.306 e. The van der Waals surface area contributed by atoms with E-state index in [1.807, 2.05) is 37.4 Å². The lowest BCUT2D eigenvalue weighted by Gasteiger charge is -2.25. The molecule has 1 heterocycles. The van der Waals surface area contributed by atoms with Crippen LogP contribution in [0.1, 0.15) is 60.8 Å². The van der Waals surface area contributed by atoms with Crippen molar-refractivity contribution in [3.63, 3.8) is 0 Å². The number of ether oxygens (including phenoxy) is 1. The Morgan fingerprint density at radius 2 is 1.91 bits per heavy atom. The maximum atomic E-state index is 13.0. The fourth-order valence-corrected chi connectivity index (χ4v) is 4.66. The standard InChI is InChI=1S/C26H37N3O4S/c1-6-12-33-23(15-21(27-5)17(2)3)25-29-22(16-34-25)24(30)28-20(13-18(4)26(31)32)14-19-10-8-7-9-11-19/h6-11,16-18,20-21,23,27H,1,12-15H2,2-5H3,(H,28,30)(H,31,32). The van der Waals surface area contributed by atoms with Crippen molar-refractivity contribution in [2.45, 2.75) is 58.2 Å². The van der Waals surface area contributed by atoms with Gasteiger partial charge in [-0.05, 0) is 37.8 Å². The van der Waals surface area contributed by atoms with Gasteiger partial charge in [0.25, 0.3) is 5.91 Å². The van der Waals surface area contributed by atoms with E-state index in [1.54, 1.807) is 18.4 Å². The smallest absolute Gasteiger partial charge is 0.306 e. The molecular weight excluding hydrogens is 450 g/mol. The first kappa shape index (κ1) is 27.7. The lowest BCUT2D eigenvalue weighted by molar-refractivity contribution is -0.141. The number of carboxylic acids is 1. The number of hydrogen-bond donors (Lipinski definition) is 3. The van der Waals surface area contributed by atoms with Gasteiger partial charge in [-0.2, -0.15) is 0 Å². The Morgan fingerprint density at radius 3 is 2.50 bits per heavy atom. The second-order valence-electron chi connectivity index (χ2n) is 8.89. The molecule has 3 N–H and O–H groups in total. The van der Waals surface area contributed by atoms with Crippen LogP contribution in [0.4, 0.5) is 0 Å². The van der Waals surface area contributed by atoms with Crippen LogP contribution in [-0.4, -0.2) is 47.7 Å². The van der Waals surface area contributed by atoms with Crippen molar-refractivity contribution < 1.29 is 19.4 Å². The molecule has 0 aliphatic carbocycles. The van der Waals surface area contributed by atoms with E-state index < -0.39 is 11.9 Å². The normalized spacial score (nSPS) is 14.9. The van der Waals surface area contributed by atoms with Gasteiger partial charge in [-0.1, -0.05) is 57.2 Å². The minimum absolute atomic E-state index is 0.240. The van der Waals surface area contributed by atoms with Crippen LogP contribution >= 0.6 is 11.3 Å². The number of thiazole rings is 1. The van der Waals surface area contributed by atoms with Crippen molar-refractivity contribution in [3.8, 4) is 0 Å². The zero-order valence-corrected chi connectivity index (χ0v) is 21.3. The number of nitrogens with zero attached hydrogens (tertiary/aromatic N) is 1.